The van der Waals surface area contributed by atoms with Crippen LogP contribution in [-0.4, -0.2) is 24.5 Å². The van der Waals surface area contributed by atoms with Gasteiger partial charge in [0.1, 0.15) is 5.82 Å². The zero-order chi connectivity index (χ0) is 19.1. The minimum Gasteiger partial charge on any atom is -0.452 e. The van der Waals surface area contributed by atoms with Crippen LogP contribution in [0.15, 0.2) is 42.5 Å². The van der Waals surface area contributed by atoms with Crippen LogP contribution in [0.25, 0.3) is 0 Å². The summed E-state index contributed by atoms with van der Waals surface area (Å²) in [6, 6.07) is 10.2. The number of carbonyl (C=O) groups excluding carboxylic acids is 3. The third-order valence-electron chi connectivity index (χ3n) is 3.11. The van der Waals surface area contributed by atoms with Gasteiger partial charge in [0.2, 0.25) is 0 Å². The van der Waals surface area contributed by atoms with Gasteiger partial charge < -0.3 is 10.1 Å². The predicted octanol–water partition coefficient (Wildman–Crippen LogP) is 3.32. The quantitative estimate of drug-likeness (QED) is 0.597. The molecule has 2 aromatic carbocycles. The van der Waals surface area contributed by atoms with Crippen molar-refractivity contribution in [1.82, 2.24) is 10.6 Å². The molecule has 2 N–H and O–H groups in total. The van der Waals surface area contributed by atoms with E-state index in [9.17, 15) is 18.8 Å². The van der Waals surface area contributed by atoms with Gasteiger partial charge in [0.25, 0.3) is 5.91 Å². The zero-order valence-electron chi connectivity index (χ0n) is 13.2. The van der Waals surface area contributed by atoms with E-state index in [0.29, 0.717) is 0 Å². The Balaban J connectivity index is 1.80. The lowest BCUT2D eigenvalue weighted by molar-refractivity contribution is -0.123. The fourth-order valence-electron chi connectivity index (χ4n) is 1.87. The van der Waals surface area contributed by atoms with Crippen molar-refractivity contribution in [2.45, 2.75) is 6.54 Å². The van der Waals surface area contributed by atoms with Gasteiger partial charge in [-0.3, -0.25) is 10.1 Å². The number of nitrogens with one attached hydrogen (secondary N) is 2. The third kappa shape index (κ3) is 5.72. The van der Waals surface area contributed by atoms with Crippen LogP contribution in [0.5, 0.6) is 0 Å². The third-order valence-corrected chi connectivity index (χ3v) is 3.72. The second-order valence-corrected chi connectivity index (χ2v) is 5.85. The summed E-state index contributed by atoms with van der Waals surface area (Å²) in [5.41, 5.74) is 0.566. The minimum absolute atomic E-state index is 0.123. The minimum atomic E-state index is -1.02. The summed E-state index contributed by atoms with van der Waals surface area (Å²) in [7, 11) is 0. The van der Waals surface area contributed by atoms with Gasteiger partial charge >= 0.3 is 12.0 Å². The second kappa shape index (κ2) is 9.17. The molecule has 26 heavy (non-hydrogen) atoms. The predicted molar refractivity (Wildman–Crippen MR) is 93.5 cm³/mol. The van der Waals surface area contributed by atoms with Gasteiger partial charge in [-0.2, -0.15) is 0 Å². The molecule has 6 nitrogen and oxygen atoms in total. The van der Waals surface area contributed by atoms with Crippen LogP contribution < -0.4 is 10.6 Å². The smallest absolute Gasteiger partial charge is 0.340 e. The molecule has 2 rings (SSSR count). The Bertz CT molecular complexity index is 831. The van der Waals surface area contributed by atoms with Crippen molar-refractivity contribution in [2.75, 3.05) is 6.61 Å². The van der Waals surface area contributed by atoms with Crippen molar-refractivity contribution in [3.63, 3.8) is 0 Å². The normalized spacial score (nSPS) is 10.1. The van der Waals surface area contributed by atoms with Crippen molar-refractivity contribution in [3.8, 4) is 0 Å². The number of halogens is 3. The van der Waals surface area contributed by atoms with Crippen LogP contribution in [0, 0.1) is 5.82 Å². The molecule has 136 valence electrons. The molecule has 2 aromatic rings. The SMILES string of the molecule is O=C(COC(=O)c1cc(F)c(Cl)cc1Cl)NC(=O)NCc1ccccc1. The highest BCUT2D eigenvalue weighted by atomic mass is 35.5. The molecule has 0 fully saturated rings. The molecular formula is C17H13Cl2FN2O4. The first kappa shape index (κ1) is 19.7. The maximum absolute atomic E-state index is 13.4. The highest BCUT2D eigenvalue weighted by Crippen LogP contribution is 2.24. The van der Waals surface area contributed by atoms with E-state index in [4.69, 9.17) is 27.9 Å². The lowest BCUT2D eigenvalue weighted by Gasteiger charge is -2.08. The molecule has 3 amide bonds. The number of carbonyl (C=O) groups is 3. The summed E-state index contributed by atoms with van der Waals surface area (Å²) in [5.74, 6) is -2.73. The van der Waals surface area contributed by atoms with Gasteiger partial charge in [0.05, 0.1) is 15.6 Å². The number of rotatable bonds is 5. The number of imide groups is 1. The van der Waals surface area contributed by atoms with Crippen LogP contribution in [-0.2, 0) is 16.1 Å². The number of hydrogen-bond acceptors (Lipinski definition) is 4. The van der Waals surface area contributed by atoms with E-state index in [0.717, 1.165) is 17.7 Å². The Morgan fingerprint density at radius 3 is 2.42 bits per heavy atom. The standard InChI is InChI=1S/C17H13Cl2FN2O4/c18-12-7-13(19)14(20)6-11(12)16(24)26-9-15(23)22-17(25)21-8-10-4-2-1-3-5-10/h1-7H,8-9H2,(H2,21,22,23,25). The molecule has 0 unspecified atom stereocenters. The van der Waals surface area contributed by atoms with E-state index in [2.05, 4.69) is 5.32 Å². The van der Waals surface area contributed by atoms with E-state index in [-0.39, 0.29) is 22.2 Å². The summed E-state index contributed by atoms with van der Waals surface area (Å²) in [6.07, 6.45) is 0. The summed E-state index contributed by atoms with van der Waals surface area (Å²) in [4.78, 5) is 35.1. The number of esters is 1. The van der Waals surface area contributed by atoms with E-state index in [1.54, 1.807) is 12.1 Å². The first-order chi connectivity index (χ1) is 12.4. The van der Waals surface area contributed by atoms with Crippen molar-refractivity contribution >= 4 is 41.1 Å². The van der Waals surface area contributed by atoms with Crippen molar-refractivity contribution < 1.29 is 23.5 Å². The van der Waals surface area contributed by atoms with Crippen molar-refractivity contribution in [1.29, 1.82) is 0 Å². The molecule has 0 aliphatic heterocycles. The van der Waals surface area contributed by atoms with Gasteiger partial charge in [-0.05, 0) is 17.7 Å². The summed E-state index contributed by atoms with van der Waals surface area (Å²) in [5, 5.41) is 4.10. The average molecular weight is 399 g/mol. The molecule has 0 spiro atoms. The molecule has 0 saturated heterocycles. The van der Waals surface area contributed by atoms with Gasteiger partial charge in [-0.25, -0.2) is 14.0 Å². The van der Waals surface area contributed by atoms with Crippen LogP contribution in [0.3, 0.4) is 0 Å². The van der Waals surface area contributed by atoms with Crippen molar-refractivity contribution in [3.05, 3.63) is 69.5 Å². The molecule has 0 radical (unpaired) electrons. The number of ether oxygens (including phenoxy) is 1. The highest BCUT2D eigenvalue weighted by molar-refractivity contribution is 6.36. The van der Waals surface area contributed by atoms with Gasteiger partial charge in [-0.15, -0.1) is 0 Å². The van der Waals surface area contributed by atoms with E-state index >= 15 is 0 Å². The molecule has 0 saturated carbocycles. The monoisotopic (exact) mass is 398 g/mol. The fraction of sp³-hybridized carbons (Fsp3) is 0.118. The van der Waals surface area contributed by atoms with Crippen molar-refractivity contribution in [2.24, 2.45) is 0 Å². The number of benzene rings is 2. The highest BCUT2D eigenvalue weighted by Gasteiger charge is 2.17. The second-order valence-electron chi connectivity index (χ2n) is 5.04. The van der Waals surface area contributed by atoms with Crippen LogP contribution in [0.2, 0.25) is 10.0 Å². The number of amides is 3. The topological polar surface area (TPSA) is 84.5 Å². The number of urea groups is 1. The Labute approximate surface area is 158 Å². The Hall–Kier alpha value is -2.64. The number of hydrogen-bond donors (Lipinski definition) is 2. The van der Waals surface area contributed by atoms with E-state index in [1.165, 1.54) is 0 Å². The van der Waals surface area contributed by atoms with Crippen LogP contribution in [0.1, 0.15) is 15.9 Å². The molecule has 0 heterocycles. The van der Waals surface area contributed by atoms with E-state index < -0.39 is 30.3 Å². The van der Waals surface area contributed by atoms with Crippen LogP contribution in [0.4, 0.5) is 9.18 Å². The summed E-state index contributed by atoms with van der Waals surface area (Å²) in [6.45, 7) is -0.516. The fourth-order valence-corrected chi connectivity index (χ4v) is 2.33. The molecular weight excluding hydrogens is 386 g/mol. The summed E-state index contributed by atoms with van der Waals surface area (Å²) >= 11 is 11.3. The Kier molecular flexibility index (Phi) is 6.94. The molecule has 0 atom stereocenters. The average Bonchev–Trinajstić information content (AvgIpc) is 2.62. The molecule has 0 aromatic heterocycles. The zero-order valence-corrected chi connectivity index (χ0v) is 14.7. The lowest BCUT2D eigenvalue weighted by Crippen LogP contribution is -2.41. The molecule has 0 aliphatic carbocycles. The first-order valence-electron chi connectivity index (χ1n) is 7.30. The van der Waals surface area contributed by atoms with Gasteiger partial charge in [0, 0.05) is 6.54 Å². The van der Waals surface area contributed by atoms with Gasteiger partial charge in [0.15, 0.2) is 6.61 Å². The van der Waals surface area contributed by atoms with Crippen LogP contribution >= 0.6 is 23.2 Å². The maximum Gasteiger partial charge on any atom is 0.340 e. The molecule has 0 aliphatic rings. The van der Waals surface area contributed by atoms with E-state index in [1.807, 2.05) is 23.5 Å². The molecule has 9 heteroatoms. The largest absolute Gasteiger partial charge is 0.452 e. The summed E-state index contributed by atoms with van der Waals surface area (Å²) < 4.78 is 18.1. The Morgan fingerprint density at radius 1 is 1.04 bits per heavy atom. The van der Waals surface area contributed by atoms with Gasteiger partial charge in [-0.1, -0.05) is 53.5 Å². The lowest BCUT2D eigenvalue weighted by atomic mass is 10.2. The molecule has 0 bridgehead atoms. The first-order valence-corrected chi connectivity index (χ1v) is 8.05. The Morgan fingerprint density at radius 2 is 1.73 bits per heavy atom. The maximum atomic E-state index is 13.4.